The minimum absolute atomic E-state index is 0.00276. The van der Waals surface area contributed by atoms with E-state index in [2.05, 4.69) is 176 Å². The Bertz CT molecular complexity index is 6670. The molecule has 18 nitrogen and oxygen atoms in total. The van der Waals surface area contributed by atoms with Crippen LogP contribution in [0.2, 0.25) is 0 Å². The molecule has 756 valence electrons. The fourth-order valence-electron chi connectivity index (χ4n) is 16.8. The second kappa shape index (κ2) is 53.9. The van der Waals surface area contributed by atoms with Gasteiger partial charge in [-0.1, -0.05) is 346 Å². The lowest BCUT2D eigenvalue weighted by atomic mass is 9.92. The van der Waals surface area contributed by atoms with Crippen molar-refractivity contribution in [1.82, 2.24) is 0 Å². The van der Waals surface area contributed by atoms with Crippen molar-refractivity contribution in [2.24, 2.45) is 10.9 Å². The molecule has 3 saturated heterocycles. The number of alkyl halides is 1. The first-order valence-electron chi connectivity index (χ1n) is 46.9. The monoisotopic (exact) mass is 2600 g/mol. The van der Waals surface area contributed by atoms with Gasteiger partial charge in [-0.3, -0.25) is 43.8 Å². The molecular weight excluding hydrogens is 2500 g/mol. The number of aliphatic imine (C=N–C) groups is 1. The number of isocyanates is 1. The third-order valence-corrected chi connectivity index (χ3v) is 29.6. The topological polar surface area (TPSA) is 238 Å². The van der Waals surface area contributed by atoms with Crippen LogP contribution in [0.4, 0.5) is 59.9 Å². The van der Waals surface area contributed by atoms with Crippen LogP contribution in [0.1, 0.15) is 135 Å². The van der Waals surface area contributed by atoms with Crippen LogP contribution < -0.4 is 35.1 Å². The number of carbonyl (C=O) groups is 6. The molecule has 0 aliphatic carbocycles. The summed E-state index contributed by atoms with van der Waals surface area (Å²) in [6.45, 7) is 23.3. The Kier molecular flexibility index (Phi) is 42.6. The van der Waals surface area contributed by atoms with E-state index in [-0.39, 0.29) is 46.2 Å². The highest BCUT2D eigenvalue weighted by atomic mass is 79.9. The van der Waals surface area contributed by atoms with Gasteiger partial charge in [0.05, 0.1) is 28.6 Å². The Morgan fingerprint density at radius 2 is 0.578 bits per heavy atom. The van der Waals surface area contributed by atoms with Crippen LogP contribution >= 0.6 is 159 Å². The first-order chi connectivity index (χ1) is 70.0. The van der Waals surface area contributed by atoms with Gasteiger partial charge in [-0.25, -0.2) is 19.2 Å². The van der Waals surface area contributed by atoms with Crippen molar-refractivity contribution in [2.75, 3.05) is 35.1 Å². The van der Waals surface area contributed by atoms with Gasteiger partial charge >= 0.3 is 18.1 Å². The maximum absolute atomic E-state index is 13.6. The van der Waals surface area contributed by atoms with E-state index in [4.69, 9.17) is 5.73 Å². The van der Waals surface area contributed by atoms with Crippen molar-refractivity contribution >= 4 is 246 Å². The summed E-state index contributed by atoms with van der Waals surface area (Å²) < 4.78 is 8.61. The summed E-state index contributed by atoms with van der Waals surface area (Å²) in [6.07, 6.45) is 2.83. The van der Waals surface area contributed by atoms with E-state index in [1.165, 1.54) is 26.3 Å². The number of amides is 6. The summed E-state index contributed by atoms with van der Waals surface area (Å²) in [7, 11) is 0. The normalized spacial score (nSPS) is 17.2. The smallest absolute Gasteiger partial charge is 0.332 e. The first kappa shape index (κ1) is 116. The van der Waals surface area contributed by atoms with Crippen molar-refractivity contribution < 1.29 is 48.9 Å². The third-order valence-electron chi connectivity index (χ3n) is 24.4. The predicted octanol–water partition coefficient (Wildman–Crippen LogP) is 33.4. The number of hydrogen-bond donors (Lipinski definition) is 4. The molecule has 3 heterocycles. The average molecular weight is 2610 g/mol. The molecule has 3 aliphatic rings. The highest BCUT2D eigenvalue weighted by Gasteiger charge is 2.60. The lowest BCUT2D eigenvalue weighted by Crippen LogP contribution is -2.48. The zero-order chi connectivity index (χ0) is 107. The van der Waals surface area contributed by atoms with Crippen molar-refractivity contribution in [3.05, 3.63) is 477 Å². The molecule has 0 aromatic heterocycles. The number of anilines is 7. The van der Waals surface area contributed by atoms with E-state index >= 15 is 0 Å². The SMILES string of the molecule is CCC(=O)c1cccc(C)c1.Cc1cccc(C(=O)C(C)Br)c1.Cc1cccc(C(=O)C(C)Cc2ccc(Br)cc2)c1.Cc1cccc(C2(O)C(C)N(c3ccc(Br)cc3)C(=O)N2c2ccc(Br)cc2)c1.Cc1cccc(C2(O)[C@@H](C)N(c3ccc(Br)cc3)C(=O)N2c2ccc(Br)cc2)c1.Cc1cccc(C2(O)[C@H](C)N(c3ccc(Br)cc3)C(=O)N2c2ccc(Br)cc2)c1.Nc1ccc(Br)cc1.O=C=Nc1ccc(Br)cc1. The highest BCUT2D eigenvalue weighted by Crippen LogP contribution is 2.49. The standard InChI is InChI=1S/3C23H20Br2N2O2.C17H17BrO.C10H11BrO.C10H12O.C7H4BrNO.C6H6BrN/c3*1-15-4-3-5-17(14-15)23(29)16(2)26(20-10-6-18(24)7-11-20)22(28)27(23)21-12-8-19(25)9-13-21;1-12-4-3-5-15(10-12)17(19)13(2)11-14-6-8-16(18)9-7-14;1-7-4-3-5-9(6-7)10(12)8(2)11;1-3-10(11)9-6-4-5-8(2)7-9;8-6-1-3-7(4-2-6)9-5-10;7-5-1-3-6(8)4-2-5/h3*3-14,16,29H,1-2H3;3-10,13H,11H2,1-2H3;3-6,8H,1-2H3;4-7H,3H2,1-2H3;1-4H;1-4H,8H2/t2*16-,23?;;;;;;/m10....../s1. The summed E-state index contributed by atoms with van der Waals surface area (Å²) in [4.78, 5) is 98.4. The van der Waals surface area contributed by atoms with Gasteiger partial charge in [-0.05, 0) is 306 Å². The van der Waals surface area contributed by atoms with Crippen LogP contribution in [0.5, 0.6) is 0 Å². The molecule has 8 atom stereocenters. The first-order valence-corrected chi connectivity index (χ1v) is 54.9. The average Bonchev–Trinajstić information content (AvgIpc) is 1.57. The minimum atomic E-state index is -1.52. The number of aryl methyl sites for hydroxylation is 6. The second-order valence-electron chi connectivity index (χ2n) is 35.3. The van der Waals surface area contributed by atoms with Gasteiger partial charge in [0.25, 0.3) is 0 Å². The zero-order valence-corrected chi connectivity index (χ0v) is 98.5. The summed E-state index contributed by atoms with van der Waals surface area (Å²) in [6, 6.07) is 111. The van der Waals surface area contributed by atoms with Crippen molar-refractivity contribution in [3.63, 3.8) is 0 Å². The van der Waals surface area contributed by atoms with Crippen LogP contribution in [-0.4, -0.2) is 79.8 Å². The van der Waals surface area contributed by atoms with Gasteiger partial charge < -0.3 is 21.1 Å². The van der Waals surface area contributed by atoms with Gasteiger partial charge in [0, 0.05) is 126 Å². The molecule has 15 aromatic rings. The number of rotatable bonds is 18. The number of hydrogen-bond acceptors (Lipinski definition) is 12. The Balaban J connectivity index is 0.000000166. The van der Waals surface area contributed by atoms with Gasteiger partial charge in [0.2, 0.25) is 6.08 Å². The Hall–Kier alpha value is -11.0. The largest absolute Gasteiger partial charge is 0.399 e. The van der Waals surface area contributed by atoms with E-state index in [9.17, 15) is 48.9 Å². The van der Waals surface area contributed by atoms with E-state index in [0.29, 0.717) is 45.9 Å². The molecule has 6 unspecified atom stereocenters. The number of urea groups is 3. The number of nitrogen functional groups attached to an aromatic ring is 1. The van der Waals surface area contributed by atoms with Crippen LogP contribution in [0.15, 0.2) is 409 Å². The van der Waals surface area contributed by atoms with E-state index < -0.39 is 35.3 Å². The van der Waals surface area contributed by atoms with Crippen molar-refractivity contribution in [1.29, 1.82) is 0 Å². The number of Topliss-reactive ketones (excluding diaryl/α,β-unsaturated/α-hetero) is 3. The molecular formula is C119H110Br10N8O10. The molecule has 5 N–H and O–H groups in total. The number of carbonyl (C=O) groups excluding carboxylic acids is 7. The lowest BCUT2D eigenvalue weighted by molar-refractivity contribution is 0.0368. The van der Waals surface area contributed by atoms with Gasteiger partial charge in [0.1, 0.15) is 0 Å². The number of benzene rings is 15. The molecule has 18 rings (SSSR count). The molecule has 15 aromatic carbocycles. The van der Waals surface area contributed by atoms with Gasteiger partial charge in [-0.15, -0.1) is 0 Å². The maximum Gasteiger partial charge on any atom is 0.332 e. The Labute approximate surface area is 944 Å². The van der Waals surface area contributed by atoms with E-state index in [0.717, 1.165) is 119 Å². The molecule has 147 heavy (non-hydrogen) atoms. The number of nitrogens with zero attached hydrogens (tertiary/aromatic N) is 7. The van der Waals surface area contributed by atoms with Crippen molar-refractivity contribution in [2.45, 2.75) is 136 Å². The summed E-state index contributed by atoms with van der Waals surface area (Å²) in [5.74, 6) is 0.571. The molecule has 3 fully saturated rings. The van der Waals surface area contributed by atoms with Crippen LogP contribution in [0.3, 0.4) is 0 Å². The molecule has 0 radical (unpaired) electrons. The predicted molar refractivity (Wildman–Crippen MR) is 632 cm³/mol. The van der Waals surface area contributed by atoms with Gasteiger partial charge in [0.15, 0.2) is 34.5 Å². The molecule has 6 amide bonds. The number of nitrogens with two attached hydrogens (primary N) is 1. The summed E-state index contributed by atoms with van der Waals surface area (Å²) >= 11 is 33.8. The minimum Gasteiger partial charge on any atom is -0.399 e. The number of aliphatic hydroxyl groups is 3. The zero-order valence-electron chi connectivity index (χ0n) is 82.6. The summed E-state index contributed by atoms with van der Waals surface area (Å²) in [5.41, 5.74) is 18.5. The van der Waals surface area contributed by atoms with Crippen LogP contribution in [-0.2, 0) is 28.4 Å². The molecule has 0 bridgehead atoms. The Morgan fingerprint density at radius 3 is 0.837 bits per heavy atom. The number of ketones is 3. The third kappa shape index (κ3) is 30.0. The van der Waals surface area contributed by atoms with Crippen LogP contribution in [0.25, 0.3) is 0 Å². The number of halogens is 10. The van der Waals surface area contributed by atoms with Crippen molar-refractivity contribution in [3.8, 4) is 0 Å². The molecule has 3 aliphatic heterocycles. The lowest BCUT2D eigenvalue weighted by Gasteiger charge is -2.36. The molecule has 0 spiro atoms. The fourth-order valence-corrected chi connectivity index (χ4v) is 19.5. The second-order valence-corrected chi connectivity index (χ2v) is 44.9. The molecule has 28 heteroatoms. The van der Waals surface area contributed by atoms with Gasteiger partial charge in [-0.2, -0.15) is 4.99 Å². The quantitative estimate of drug-likeness (QED) is 0.0207. The van der Waals surface area contributed by atoms with E-state index in [1.807, 2.05) is 423 Å². The maximum atomic E-state index is 13.6. The van der Waals surface area contributed by atoms with Crippen LogP contribution in [0, 0.1) is 47.5 Å². The van der Waals surface area contributed by atoms with E-state index in [1.54, 1.807) is 26.8 Å². The highest BCUT2D eigenvalue weighted by molar-refractivity contribution is 9.12. The summed E-state index contributed by atoms with van der Waals surface area (Å²) in [5, 5.41) is 36.1. The fraction of sp³-hybridized carbons (Fsp3) is 0.185. The Morgan fingerprint density at radius 1 is 0.340 bits per heavy atom. The molecule has 0 saturated carbocycles.